The van der Waals surface area contributed by atoms with Gasteiger partial charge in [0.25, 0.3) is 0 Å². The molecular weight excluding hydrogens is 238 g/mol. The van der Waals surface area contributed by atoms with Crippen molar-refractivity contribution in [1.82, 2.24) is 4.98 Å². The quantitative estimate of drug-likeness (QED) is 0.863. The Morgan fingerprint density at radius 3 is 2.32 bits per heavy atom. The highest BCUT2D eigenvalue weighted by Gasteiger charge is 1.96. The first kappa shape index (κ1) is 13.1. The topological polar surface area (TPSA) is 54.0 Å². The molecule has 2 aromatic rings. The number of anilines is 2. The maximum absolute atomic E-state index is 10.9. The summed E-state index contributed by atoms with van der Waals surface area (Å²) in [6.45, 7) is 2.37. The third-order valence-corrected chi connectivity index (χ3v) is 2.70. The van der Waals surface area contributed by atoms with Gasteiger partial charge >= 0.3 is 0 Å². The van der Waals surface area contributed by atoms with E-state index in [1.54, 1.807) is 12.4 Å². The number of benzene rings is 1. The number of aromatic nitrogens is 1. The molecule has 0 bridgehead atoms. The lowest BCUT2D eigenvalue weighted by Gasteiger charge is -2.08. The average molecular weight is 255 g/mol. The molecule has 0 aliphatic carbocycles. The third kappa shape index (κ3) is 4.43. The van der Waals surface area contributed by atoms with Crippen molar-refractivity contribution in [3.8, 4) is 0 Å². The molecule has 1 aromatic carbocycles. The van der Waals surface area contributed by atoms with Gasteiger partial charge in [0.15, 0.2) is 0 Å². The lowest BCUT2D eigenvalue weighted by atomic mass is 10.2. The van der Waals surface area contributed by atoms with Gasteiger partial charge in [-0.15, -0.1) is 0 Å². The highest BCUT2D eigenvalue weighted by molar-refractivity contribution is 5.88. The van der Waals surface area contributed by atoms with Crippen LogP contribution in [0.1, 0.15) is 12.5 Å². The molecule has 98 valence electrons. The second-order valence-electron chi connectivity index (χ2n) is 4.29. The minimum Gasteiger partial charge on any atom is -0.385 e. The van der Waals surface area contributed by atoms with E-state index in [2.05, 4.69) is 15.6 Å². The number of amides is 1. The molecule has 0 aliphatic heterocycles. The monoisotopic (exact) mass is 255 g/mol. The summed E-state index contributed by atoms with van der Waals surface area (Å²) >= 11 is 0. The smallest absolute Gasteiger partial charge is 0.221 e. The second kappa shape index (κ2) is 6.54. The predicted molar refractivity (Wildman–Crippen MR) is 77.2 cm³/mol. The van der Waals surface area contributed by atoms with E-state index in [0.717, 1.165) is 24.3 Å². The summed E-state index contributed by atoms with van der Waals surface area (Å²) in [6.07, 6.45) is 4.56. The van der Waals surface area contributed by atoms with Crippen LogP contribution in [0.3, 0.4) is 0 Å². The van der Waals surface area contributed by atoms with Crippen LogP contribution in [0.25, 0.3) is 0 Å². The van der Waals surface area contributed by atoms with E-state index in [0.29, 0.717) is 0 Å². The molecule has 0 atom stereocenters. The zero-order chi connectivity index (χ0) is 13.5. The van der Waals surface area contributed by atoms with Gasteiger partial charge in [-0.25, -0.2) is 0 Å². The van der Waals surface area contributed by atoms with Gasteiger partial charge in [-0.3, -0.25) is 9.78 Å². The number of pyridine rings is 1. The molecule has 2 N–H and O–H groups in total. The van der Waals surface area contributed by atoms with Crippen LogP contribution in [-0.2, 0) is 11.2 Å². The lowest BCUT2D eigenvalue weighted by Crippen LogP contribution is -2.07. The summed E-state index contributed by atoms with van der Waals surface area (Å²) in [7, 11) is 0. The highest BCUT2D eigenvalue weighted by atomic mass is 16.1. The molecule has 1 amide bonds. The first-order valence-corrected chi connectivity index (χ1v) is 6.24. The minimum atomic E-state index is -0.0570. The first-order valence-electron chi connectivity index (χ1n) is 6.24. The summed E-state index contributed by atoms with van der Waals surface area (Å²) in [5.41, 5.74) is 3.12. The van der Waals surface area contributed by atoms with Crippen molar-refractivity contribution in [2.75, 3.05) is 17.2 Å². The fraction of sp³-hybridized carbons (Fsp3) is 0.200. The Hall–Kier alpha value is -2.36. The number of nitrogens with zero attached hydrogens (tertiary/aromatic N) is 1. The summed E-state index contributed by atoms with van der Waals surface area (Å²) in [6, 6.07) is 11.7. The summed E-state index contributed by atoms with van der Waals surface area (Å²) in [4.78, 5) is 14.9. The van der Waals surface area contributed by atoms with Crippen LogP contribution < -0.4 is 10.6 Å². The summed E-state index contributed by atoms with van der Waals surface area (Å²) in [5, 5.41) is 6.08. The van der Waals surface area contributed by atoms with Crippen LogP contribution >= 0.6 is 0 Å². The van der Waals surface area contributed by atoms with Gasteiger partial charge in [0.2, 0.25) is 5.91 Å². The van der Waals surface area contributed by atoms with Gasteiger partial charge in [-0.05, 0) is 48.4 Å². The molecule has 1 aromatic heterocycles. The Balaban J connectivity index is 1.81. The molecule has 4 nitrogen and oxygen atoms in total. The highest BCUT2D eigenvalue weighted by Crippen LogP contribution is 2.13. The van der Waals surface area contributed by atoms with E-state index in [4.69, 9.17) is 0 Å². The SMILES string of the molecule is CC(=O)Nc1ccc(NCCc2ccncc2)cc1. The van der Waals surface area contributed by atoms with E-state index >= 15 is 0 Å². The van der Waals surface area contributed by atoms with Gasteiger partial charge in [-0.2, -0.15) is 0 Å². The molecule has 0 fully saturated rings. The molecule has 0 saturated heterocycles. The van der Waals surface area contributed by atoms with Gasteiger partial charge < -0.3 is 10.6 Å². The van der Waals surface area contributed by atoms with Crippen molar-refractivity contribution in [3.05, 3.63) is 54.4 Å². The Kier molecular flexibility index (Phi) is 4.50. The normalized spacial score (nSPS) is 9.95. The van der Waals surface area contributed by atoms with Gasteiger partial charge in [0, 0.05) is 37.2 Å². The van der Waals surface area contributed by atoms with Crippen molar-refractivity contribution in [2.24, 2.45) is 0 Å². The minimum absolute atomic E-state index is 0.0570. The van der Waals surface area contributed by atoms with E-state index in [9.17, 15) is 4.79 Å². The molecule has 4 heteroatoms. The van der Waals surface area contributed by atoms with Gasteiger partial charge in [-0.1, -0.05) is 0 Å². The maximum Gasteiger partial charge on any atom is 0.221 e. The number of carbonyl (C=O) groups is 1. The molecule has 0 saturated carbocycles. The van der Waals surface area contributed by atoms with Crippen LogP contribution in [0.4, 0.5) is 11.4 Å². The molecule has 0 radical (unpaired) electrons. The Morgan fingerprint density at radius 2 is 1.68 bits per heavy atom. The number of hydrogen-bond donors (Lipinski definition) is 2. The van der Waals surface area contributed by atoms with Crippen LogP contribution in [0, 0.1) is 0 Å². The fourth-order valence-electron chi connectivity index (χ4n) is 1.78. The third-order valence-electron chi connectivity index (χ3n) is 2.70. The van der Waals surface area contributed by atoms with Crippen molar-refractivity contribution in [1.29, 1.82) is 0 Å². The summed E-state index contributed by atoms with van der Waals surface area (Å²) in [5.74, 6) is -0.0570. The molecule has 2 rings (SSSR count). The number of hydrogen-bond acceptors (Lipinski definition) is 3. The van der Waals surface area contributed by atoms with Gasteiger partial charge in [0.1, 0.15) is 0 Å². The van der Waals surface area contributed by atoms with E-state index in [1.807, 2.05) is 36.4 Å². The van der Waals surface area contributed by atoms with E-state index < -0.39 is 0 Å². The predicted octanol–water partition coefficient (Wildman–Crippen LogP) is 2.69. The van der Waals surface area contributed by atoms with Gasteiger partial charge in [0.05, 0.1) is 0 Å². The fourth-order valence-corrected chi connectivity index (χ4v) is 1.78. The van der Waals surface area contributed by atoms with Crippen molar-refractivity contribution >= 4 is 17.3 Å². The first-order chi connectivity index (χ1) is 9.24. The van der Waals surface area contributed by atoms with E-state index in [1.165, 1.54) is 12.5 Å². The maximum atomic E-state index is 10.9. The Morgan fingerprint density at radius 1 is 1.05 bits per heavy atom. The van der Waals surface area contributed by atoms with Crippen molar-refractivity contribution in [3.63, 3.8) is 0 Å². The van der Waals surface area contributed by atoms with Crippen molar-refractivity contribution in [2.45, 2.75) is 13.3 Å². The van der Waals surface area contributed by atoms with Crippen LogP contribution in [-0.4, -0.2) is 17.4 Å². The number of rotatable bonds is 5. The lowest BCUT2D eigenvalue weighted by molar-refractivity contribution is -0.114. The largest absolute Gasteiger partial charge is 0.385 e. The number of carbonyl (C=O) groups excluding carboxylic acids is 1. The molecule has 19 heavy (non-hydrogen) atoms. The standard InChI is InChI=1S/C15H17N3O/c1-12(19)18-15-4-2-14(3-5-15)17-11-8-13-6-9-16-10-7-13/h2-7,9-10,17H,8,11H2,1H3,(H,18,19). The van der Waals surface area contributed by atoms with Crippen LogP contribution in [0.5, 0.6) is 0 Å². The van der Waals surface area contributed by atoms with Crippen LogP contribution in [0.15, 0.2) is 48.8 Å². The second-order valence-corrected chi connectivity index (χ2v) is 4.29. The van der Waals surface area contributed by atoms with E-state index in [-0.39, 0.29) is 5.91 Å². The molecular formula is C15H17N3O. The molecule has 0 unspecified atom stereocenters. The zero-order valence-electron chi connectivity index (χ0n) is 10.9. The molecule has 1 heterocycles. The summed E-state index contributed by atoms with van der Waals surface area (Å²) < 4.78 is 0. The number of nitrogens with one attached hydrogen (secondary N) is 2. The average Bonchev–Trinajstić information content (AvgIpc) is 2.41. The molecule has 0 aliphatic rings. The zero-order valence-corrected chi connectivity index (χ0v) is 10.9. The Bertz CT molecular complexity index is 523. The van der Waals surface area contributed by atoms with Crippen LogP contribution in [0.2, 0.25) is 0 Å². The molecule has 0 spiro atoms. The van der Waals surface area contributed by atoms with Crippen molar-refractivity contribution < 1.29 is 4.79 Å². The Labute approximate surface area is 112 Å².